The van der Waals surface area contributed by atoms with Crippen LogP contribution < -0.4 is 0 Å². The van der Waals surface area contributed by atoms with Crippen molar-refractivity contribution in [3.05, 3.63) is 105 Å². The summed E-state index contributed by atoms with van der Waals surface area (Å²) in [6, 6.07) is 14.7. The van der Waals surface area contributed by atoms with Crippen molar-refractivity contribution in [3.63, 3.8) is 0 Å². The molecule has 0 aliphatic carbocycles. The first-order chi connectivity index (χ1) is 24.6. The van der Waals surface area contributed by atoms with Gasteiger partial charge in [-0.2, -0.15) is 14.4 Å². The lowest BCUT2D eigenvalue weighted by atomic mass is 9.86. The van der Waals surface area contributed by atoms with E-state index >= 15 is 0 Å². The molecule has 278 valence electrons. The van der Waals surface area contributed by atoms with Crippen molar-refractivity contribution in [1.82, 2.24) is 0 Å². The highest BCUT2D eigenvalue weighted by Gasteiger charge is 2.37. The van der Waals surface area contributed by atoms with Crippen LogP contribution >= 0.6 is 0 Å². The van der Waals surface area contributed by atoms with Gasteiger partial charge >= 0.3 is 36.4 Å². The van der Waals surface area contributed by atoms with E-state index in [1.165, 1.54) is 18.2 Å². The Morgan fingerprint density at radius 3 is 1.00 bits per heavy atom. The summed E-state index contributed by atoms with van der Waals surface area (Å²) < 4.78 is 15.4. The van der Waals surface area contributed by atoms with E-state index in [9.17, 15) is 28.8 Å². The molecule has 0 aliphatic rings. The fourth-order valence-corrected chi connectivity index (χ4v) is 5.06. The monoisotopic (exact) mass is 724 g/mol. The molecular formula is C37H40O15. The molecule has 0 N–H and O–H groups in total. The molecule has 15 nitrogen and oxygen atoms in total. The van der Waals surface area contributed by atoms with E-state index < -0.39 is 61.6 Å². The predicted molar refractivity (Wildman–Crippen MR) is 179 cm³/mol. The Hall–Kier alpha value is -6.12. The molecule has 0 radical (unpaired) electrons. The Bertz CT molecular complexity index is 1590. The molecule has 0 saturated heterocycles. The number of aryl methyl sites for hydroxylation is 6. The molecule has 0 fully saturated rings. The predicted octanol–water partition coefficient (Wildman–Crippen LogP) is 7.40. The summed E-state index contributed by atoms with van der Waals surface area (Å²) in [6.45, 7) is 10.4. The first-order valence-electron chi connectivity index (χ1n) is 16.0. The van der Waals surface area contributed by atoms with E-state index in [0.717, 1.165) is 16.7 Å². The molecule has 0 bridgehead atoms. The summed E-state index contributed by atoms with van der Waals surface area (Å²) >= 11 is 0. The van der Waals surface area contributed by atoms with E-state index in [0.29, 0.717) is 23.1 Å². The molecule has 52 heavy (non-hydrogen) atoms. The van der Waals surface area contributed by atoms with E-state index in [4.69, 9.17) is 14.2 Å². The molecule has 0 unspecified atom stereocenters. The zero-order chi connectivity index (χ0) is 38.4. The average molecular weight is 725 g/mol. The van der Waals surface area contributed by atoms with Gasteiger partial charge in [0.2, 0.25) is 0 Å². The topological polar surface area (TPSA) is 185 Å². The van der Waals surface area contributed by atoms with Gasteiger partial charge in [-0.05, 0) is 82.9 Å². The lowest BCUT2D eigenvalue weighted by molar-refractivity contribution is -0.217. The van der Waals surface area contributed by atoms with Crippen LogP contribution in [-0.4, -0.2) is 56.2 Å². The third-order valence-corrected chi connectivity index (χ3v) is 7.63. The first-order valence-corrected chi connectivity index (χ1v) is 16.0. The summed E-state index contributed by atoms with van der Waals surface area (Å²) in [5.41, 5.74) is 3.38. The summed E-state index contributed by atoms with van der Waals surface area (Å²) in [5, 5.41) is 0. The molecule has 3 rings (SSSR count). The van der Waals surface area contributed by atoms with Crippen LogP contribution in [0.3, 0.4) is 0 Å². The second kappa shape index (κ2) is 18.8. The number of hydrogen-bond donors (Lipinski definition) is 0. The lowest BCUT2D eigenvalue weighted by Gasteiger charge is -2.30. The second-order valence-corrected chi connectivity index (χ2v) is 12.2. The quantitative estimate of drug-likeness (QED) is 0.0823. The average Bonchev–Trinajstić information content (AvgIpc) is 3.09. The van der Waals surface area contributed by atoms with Crippen LogP contribution in [0.25, 0.3) is 0 Å². The van der Waals surface area contributed by atoms with Gasteiger partial charge in [-0.3, -0.25) is 0 Å². The molecule has 0 aliphatic heterocycles. The zero-order valence-electron chi connectivity index (χ0n) is 29.9. The Morgan fingerprint density at radius 2 is 0.750 bits per heavy atom. The van der Waals surface area contributed by atoms with Crippen LogP contribution in [0.15, 0.2) is 54.6 Å². The SMILES string of the molecule is CCCC(COC(=O)OOC(=O)c1ccc(C)cc1C)(COC(=O)OOC(=O)c1ccc(C)cc1C)COC(=O)OOC(=O)c1ccc(C)cc1C. The smallest absolute Gasteiger partial charge is 0.431 e. The van der Waals surface area contributed by atoms with E-state index in [2.05, 4.69) is 29.3 Å². The fourth-order valence-electron chi connectivity index (χ4n) is 5.06. The number of rotatable bonds is 11. The van der Waals surface area contributed by atoms with Gasteiger partial charge in [-0.15, -0.1) is 0 Å². The van der Waals surface area contributed by atoms with Crippen LogP contribution in [0, 0.1) is 47.0 Å². The molecular weight excluding hydrogens is 684 g/mol. The second-order valence-electron chi connectivity index (χ2n) is 12.2. The third kappa shape index (κ3) is 12.0. The molecule has 0 spiro atoms. The number of ether oxygens (including phenoxy) is 3. The molecule has 0 amide bonds. The molecule has 3 aromatic rings. The molecule has 0 heterocycles. The summed E-state index contributed by atoms with van der Waals surface area (Å²) in [4.78, 5) is 102. The van der Waals surface area contributed by atoms with Crippen molar-refractivity contribution in [1.29, 1.82) is 0 Å². The van der Waals surface area contributed by atoms with E-state index in [1.807, 2.05) is 20.8 Å². The highest BCUT2D eigenvalue weighted by atomic mass is 17.2. The van der Waals surface area contributed by atoms with E-state index in [-0.39, 0.29) is 23.1 Å². The van der Waals surface area contributed by atoms with Crippen molar-refractivity contribution in [2.75, 3.05) is 19.8 Å². The number of carbonyl (C=O) groups is 6. The number of carbonyl (C=O) groups excluding carboxylic acids is 6. The number of benzene rings is 3. The Labute approximate surface area is 299 Å². The largest absolute Gasteiger partial charge is 0.549 e. The highest BCUT2D eigenvalue weighted by Crippen LogP contribution is 2.27. The molecule has 3 aromatic carbocycles. The maximum Gasteiger partial charge on any atom is 0.549 e. The van der Waals surface area contributed by atoms with Crippen LogP contribution in [0.5, 0.6) is 0 Å². The van der Waals surface area contributed by atoms with E-state index in [1.54, 1.807) is 64.1 Å². The third-order valence-electron chi connectivity index (χ3n) is 7.63. The lowest BCUT2D eigenvalue weighted by Crippen LogP contribution is -2.40. The standard InChI is InChI=1S/C37H40O15/c1-8-15-37(19-44-34(41)50-47-31(38)28-12-9-22(2)16-25(28)5,20-45-35(42)51-48-32(39)29-13-10-23(3)17-26(29)6)21-46-36(43)52-49-33(40)30-14-11-24(4)18-27(30)7/h9-14,16-18H,8,15,19-21H2,1-7H3. The molecule has 0 aromatic heterocycles. The Morgan fingerprint density at radius 1 is 0.462 bits per heavy atom. The minimum atomic E-state index is -1.50. The minimum Gasteiger partial charge on any atom is -0.431 e. The van der Waals surface area contributed by atoms with Gasteiger partial charge in [-0.1, -0.05) is 66.4 Å². The van der Waals surface area contributed by atoms with Gasteiger partial charge in [0.1, 0.15) is 19.8 Å². The van der Waals surface area contributed by atoms with Crippen LogP contribution in [0.2, 0.25) is 0 Å². The molecule has 15 heteroatoms. The Kier molecular flexibility index (Phi) is 14.5. The fraction of sp³-hybridized carbons (Fsp3) is 0.351. The van der Waals surface area contributed by atoms with Gasteiger partial charge in [0.05, 0.1) is 22.1 Å². The summed E-state index contributed by atoms with van der Waals surface area (Å²) in [5.74, 6) is -2.88. The van der Waals surface area contributed by atoms with Crippen molar-refractivity contribution < 1.29 is 72.3 Å². The Balaban J connectivity index is 1.66. The van der Waals surface area contributed by atoms with Crippen LogP contribution in [0.4, 0.5) is 14.4 Å². The first kappa shape index (κ1) is 40.3. The van der Waals surface area contributed by atoms with Crippen LogP contribution in [0.1, 0.15) is 84.2 Å². The minimum absolute atomic E-state index is 0.0773. The van der Waals surface area contributed by atoms with Gasteiger partial charge in [0, 0.05) is 0 Å². The van der Waals surface area contributed by atoms with Crippen molar-refractivity contribution in [2.45, 2.75) is 61.3 Å². The maximum atomic E-state index is 12.5. The van der Waals surface area contributed by atoms with Crippen molar-refractivity contribution >= 4 is 36.4 Å². The zero-order valence-corrected chi connectivity index (χ0v) is 29.9. The van der Waals surface area contributed by atoms with Gasteiger partial charge < -0.3 is 14.2 Å². The van der Waals surface area contributed by atoms with Crippen LogP contribution in [-0.2, 0) is 43.5 Å². The molecule has 0 saturated carbocycles. The van der Waals surface area contributed by atoms with Gasteiger partial charge in [-0.25, -0.2) is 43.7 Å². The molecule has 0 atom stereocenters. The van der Waals surface area contributed by atoms with Gasteiger partial charge in [0.15, 0.2) is 0 Å². The summed E-state index contributed by atoms with van der Waals surface area (Å²) in [7, 11) is 0. The van der Waals surface area contributed by atoms with Crippen molar-refractivity contribution in [2.24, 2.45) is 5.41 Å². The maximum absolute atomic E-state index is 12.5. The summed E-state index contributed by atoms with van der Waals surface area (Å²) in [6.07, 6.45) is -3.91. The normalized spacial score (nSPS) is 10.7. The van der Waals surface area contributed by atoms with Gasteiger partial charge in [0.25, 0.3) is 0 Å². The number of hydrogen-bond acceptors (Lipinski definition) is 15. The van der Waals surface area contributed by atoms with Crippen molar-refractivity contribution in [3.8, 4) is 0 Å². The highest BCUT2D eigenvalue weighted by molar-refractivity contribution is 5.92.